The van der Waals surface area contributed by atoms with Crippen molar-refractivity contribution < 1.29 is 9.13 Å². The molecule has 0 aliphatic carbocycles. The normalized spacial score (nSPS) is 13.4. The van der Waals surface area contributed by atoms with Crippen LogP contribution in [-0.2, 0) is 13.0 Å². The Kier molecular flexibility index (Phi) is 3.22. The van der Waals surface area contributed by atoms with Crippen molar-refractivity contribution in [2.24, 2.45) is 0 Å². The minimum atomic E-state index is -0.328. The maximum Gasteiger partial charge on any atom is 0.165 e. The number of para-hydroxylation sites is 1. The smallest absolute Gasteiger partial charge is 0.165 e. The summed E-state index contributed by atoms with van der Waals surface area (Å²) in [7, 11) is 1.47. The largest absolute Gasteiger partial charge is 0.494 e. The first-order valence-corrected chi connectivity index (χ1v) is 6.64. The Morgan fingerprint density at radius 1 is 1.30 bits per heavy atom. The zero-order chi connectivity index (χ0) is 14.1. The minimum absolute atomic E-state index is 0.273. The van der Waals surface area contributed by atoms with Gasteiger partial charge in [0.25, 0.3) is 0 Å². The lowest BCUT2D eigenvalue weighted by molar-refractivity contribution is 0.386. The second-order valence-electron chi connectivity index (χ2n) is 5.00. The van der Waals surface area contributed by atoms with E-state index in [-0.39, 0.29) is 11.6 Å². The standard InChI is InChI=1S/C16H17FN2O/c1-20-15-6-5-11(9-13(15)17)10-19-8-7-12-3-2-4-14(18)16(12)19/h2-6,9H,7-8,10,18H2,1H3. The Balaban J connectivity index is 1.86. The summed E-state index contributed by atoms with van der Waals surface area (Å²) < 4.78 is 18.7. The van der Waals surface area contributed by atoms with Gasteiger partial charge in [-0.25, -0.2) is 4.39 Å². The van der Waals surface area contributed by atoms with Crippen molar-refractivity contribution in [2.75, 3.05) is 24.3 Å². The molecule has 0 fully saturated rings. The number of nitrogens with two attached hydrogens (primary N) is 1. The number of halogens is 1. The zero-order valence-electron chi connectivity index (χ0n) is 11.4. The summed E-state index contributed by atoms with van der Waals surface area (Å²) in [5, 5.41) is 0. The lowest BCUT2D eigenvalue weighted by atomic mass is 10.1. The summed E-state index contributed by atoms with van der Waals surface area (Å²) in [6.07, 6.45) is 0.985. The van der Waals surface area contributed by atoms with Crippen molar-refractivity contribution in [1.29, 1.82) is 0 Å². The molecular formula is C16H17FN2O. The monoisotopic (exact) mass is 272 g/mol. The molecule has 0 saturated carbocycles. The molecule has 4 heteroatoms. The van der Waals surface area contributed by atoms with Gasteiger partial charge in [-0.2, -0.15) is 0 Å². The molecule has 3 nitrogen and oxygen atoms in total. The quantitative estimate of drug-likeness (QED) is 0.873. The van der Waals surface area contributed by atoms with Crippen molar-refractivity contribution in [2.45, 2.75) is 13.0 Å². The van der Waals surface area contributed by atoms with E-state index in [2.05, 4.69) is 11.0 Å². The highest BCUT2D eigenvalue weighted by Crippen LogP contribution is 2.34. The summed E-state index contributed by atoms with van der Waals surface area (Å²) in [5.41, 5.74) is 10.1. The molecule has 2 aromatic carbocycles. The third-order valence-electron chi connectivity index (χ3n) is 3.71. The molecule has 0 atom stereocenters. The first-order valence-electron chi connectivity index (χ1n) is 6.64. The van der Waals surface area contributed by atoms with Crippen molar-refractivity contribution >= 4 is 11.4 Å². The number of hydrogen-bond donors (Lipinski definition) is 1. The molecule has 0 unspecified atom stereocenters. The molecule has 0 aromatic heterocycles. The van der Waals surface area contributed by atoms with E-state index < -0.39 is 0 Å². The maximum atomic E-state index is 13.7. The number of rotatable bonds is 3. The van der Waals surface area contributed by atoms with Crippen molar-refractivity contribution in [3.8, 4) is 5.75 Å². The summed E-state index contributed by atoms with van der Waals surface area (Å²) >= 11 is 0. The zero-order valence-corrected chi connectivity index (χ0v) is 11.4. The van der Waals surface area contributed by atoms with E-state index in [1.165, 1.54) is 18.7 Å². The molecule has 20 heavy (non-hydrogen) atoms. The Bertz CT molecular complexity index is 642. The SMILES string of the molecule is COc1ccc(CN2CCc3cccc(N)c32)cc1F. The molecule has 0 spiro atoms. The van der Waals surface area contributed by atoms with Gasteiger partial charge in [0.05, 0.1) is 18.5 Å². The van der Waals surface area contributed by atoms with Crippen molar-refractivity contribution in [3.63, 3.8) is 0 Å². The van der Waals surface area contributed by atoms with Crippen LogP contribution in [0.5, 0.6) is 5.75 Å². The Hall–Kier alpha value is -2.23. The maximum absolute atomic E-state index is 13.7. The third kappa shape index (κ3) is 2.18. The average molecular weight is 272 g/mol. The van der Waals surface area contributed by atoms with Crippen LogP contribution in [0, 0.1) is 5.82 Å². The second kappa shape index (κ2) is 5.04. The molecule has 0 bridgehead atoms. The van der Waals surface area contributed by atoms with Crippen LogP contribution in [0.25, 0.3) is 0 Å². The van der Waals surface area contributed by atoms with Crippen LogP contribution in [0.3, 0.4) is 0 Å². The number of nitrogens with zero attached hydrogens (tertiary/aromatic N) is 1. The summed E-state index contributed by atoms with van der Waals surface area (Å²) in [6.45, 7) is 1.57. The molecule has 2 N–H and O–H groups in total. The van der Waals surface area contributed by atoms with Gasteiger partial charge >= 0.3 is 0 Å². The Morgan fingerprint density at radius 3 is 2.90 bits per heavy atom. The van der Waals surface area contributed by atoms with Crippen molar-refractivity contribution in [1.82, 2.24) is 0 Å². The highest BCUT2D eigenvalue weighted by Gasteiger charge is 2.21. The predicted octanol–water partition coefficient (Wildman–Crippen LogP) is 2.98. The van der Waals surface area contributed by atoms with Crippen LogP contribution in [0.1, 0.15) is 11.1 Å². The van der Waals surface area contributed by atoms with E-state index in [1.54, 1.807) is 6.07 Å². The summed E-state index contributed by atoms with van der Waals surface area (Å²) in [6, 6.07) is 11.1. The Labute approximate surface area is 117 Å². The van der Waals surface area contributed by atoms with E-state index in [9.17, 15) is 4.39 Å². The van der Waals surface area contributed by atoms with Gasteiger partial charge in [0, 0.05) is 13.1 Å². The molecular weight excluding hydrogens is 255 g/mol. The van der Waals surface area contributed by atoms with E-state index in [0.717, 1.165) is 29.9 Å². The van der Waals surface area contributed by atoms with Crippen LogP contribution in [0.4, 0.5) is 15.8 Å². The highest BCUT2D eigenvalue weighted by molar-refractivity contribution is 5.74. The lowest BCUT2D eigenvalue weighted by Gasteiger charge is -2.21. The van der Waals surface area contributed by atoms with E-state index >= 15 is 0 Å². The first kappa shape index (κ1) is 12.8. The van der Waals surface area contributed by atoms with Gasteiger partial charge in [0.2, 0.25) is 0 Å². The van der Waals surface area contributed by atoms with E-state index in [0.29, 0.717) is 6.54 Å². The summed E-state index contributed by atoms with van der Waals surface area (Å²) in [4.78, 5) is 2.20. The second-order valence-corrected chi connectivity index (χ2v) is 5.00. The van der Waals surface area contributed by atoms with Crippen LogP contribution < -0.4 is 15.4 Å². The molecule has 3 rings (SSSR count). The molecule has 1 aliphatic heterocycles. The first-order chi connectivity index (χ1) is 9.69. The fraction of sp³-hybridized carbons (Fsp3) is 0.250. The van der Waals surface area contributed by atoms with Gasteiger partial charge in [-0.15, -0.1) is 0 Å². The topological polar surface area (TPSA) is 38.5 Å². The number of hydrogen-bond acceptors (Lipinski definition) is 3. The molecule has 104 valence electrons. The predicted molar refractivity (Wildman–Crippen MR) is 78.6 cm³/mol. The molecule has 0 radical (unpaired) electrons. The molecule has 1 heterocycles. The highest BCUT2D eigenvalue weighted by atomic mass is 19.1. The fourth-order valence-corrected chi connectivity index (χ4v) is 2.75. The third-order valence-corrected chi connectivity index (χ3v) is 3.71. The number of anilines is 2. The molecule has 2 aromatic rings. The Morgan fingerprint density at radius 2 is 2.15 bits per heavy atom. The van der Waals surface area contributed by atoms with Gasteiger partial charge in [0.1, 0.15) is 0 Å². The van der Waals surface area contributed by atoms with Crippen molar-refractivity contribution in [3.05, 3.63) is 53.3 Å². The lowest BCUT2D eigenvalue weighted by Crippen LogP contribution is -2.20. The van der Waals surface area contributed by atoms with Crippen LogP contribution >= 0.6 is 0 Å². The van der Waals surface area contributed by atoms with Gasteiger partial charge in [0.15, 0.2) is 11.6 Å². The van der Waals surface area contributed by atoms with Gasteiger partial charge < -0.3 is 15.4 Å². The van der Waals surface area contributed by atoms with Gasteiger partial charge in [-0.1, -0.05) is 18.2 Å². The van der Waals surface area contributed by atoms with Crippen LogP contribution in [-0.4, -0.2) is 13.7 Å². The average Bonchev–Trinajstić information content (AvgIpc) is 2.84. The number of benzene rings is 2. The minimum Gasteiger partial charge on any atom is -0.494 e. The van der Waals surface area contributed by atoms with E-state index in [1.807, 2.05) is 18.2 Å². The van der Waals surface area contributed by atoms with Gasteiger partial charge in [-0.05, 0) is 35.7 Å². The number of nitrogen functional groups attached to an aromatic ring is 1. The van der Waals surface area contributed by atoms with E-state index in [4.69, 9.17) is 10.5 Å². The number of methoxy groups -OCH3 is 1. The molecule has 1 aliphatic rings. The molecule has 0 amide bonds. The van der Waals surface area contributed by atoms with Crippen LogP contribution in [0.15, 0.2) is 36.4 Å². The van der Waals surface area contributed by atoms with Gasteiger partial charge in [-0.3, -0.25) is 0 Å². The number of fused-ring (bicyclic) bond motifs is 1. The molecule has 0 saturated heterocycles. The van der Waals surface area contributed by atoms with Crippen LogP contribution in [0.2, 0.25) is 0 Å². The number of ether oxygens (including phenoxy) is 1. The summed E-state index contributed by atoms with van der Waals surface area (Å²) in [5.74, 6) is -0.0551. The fourth-order valence-electron chi connectivity index (χ4n) is 2.75.